The Bertz CT molecular complexity index is 184. The Morgan fingerprint density at radius 2 is 2.21 bits per heavy atom. The van der Waals surface area contributed by atoms with Gasteiger partial charge in [-0.15, -0.1) is 12.3 Å². The first-order chi connectivity index (χ1) is 6.09. The van der Waals surface area contributed by atoms with Gasteiger partial charge in [-0.1, -0.05) is 6.92 Å². The van der Waals surface area contributed by atoms with E-state index in [0.29, 0.717) is 12.5 Å². The molecule has 4 heteroatoms. The Morgan fingerprint density at radius 1 is 1.57 bits per heavy atom. The molecular weight excluding hydrogens is 395 g/mol. The molecule has 1 aliphatic heterocycles. The number of esters is 1. The van der Waals surface area contributed by atoms with Crippen LogP contribution in [0.2, 0.25) is 0 Å². The van der Waals surface area contributed by atoms with E-state index in [0.717, 1.165) is 6.42 Å². The molecule has 0 aromatic rings. The predicted molar refractivity (Wildman–Crippen MR) is 49.0 cm³/mol. The fourth-order valence-electron chi connectivity index (χ4n) is 1.36. The van der Waals surface area contributed by atoms with Gasteiger partial charge in [0.15, 0.2) is 0 Å². The number of hydrogen-bond acceptors (Lipinski definition) is 3. The molecule has 0 aromatic heterocycles. The topological polar surface area (TPSA) is 35.5 Å². The Morgan fingerprint density at radius 3 is 2.71 bits per heavy atom. The van der Waals surface area contributed by atoms with Crippen molar-refractivity contribution in [3.63, 3.8) is 0 Å². The van der Waals surface area contributed by atoms with Gasteiger partial charge in [0.2, 0.25) is 0 Å². The molecule has 3 nitrogen and oxygen atoms in total. The molecule has 3 unspecified atom stereocenters. The molecule has 14 heavy (non-hydrogen) atoms. The van der Waals surface area contributed by atoms with Crippen LogP contribution >= 0.6 is 0 Å². The molecule has 0 aliphatic carbocycles. The zero-order chi connectivity index (χ0) is 9.84. The Kier molecular flexibility index (Phi) is 7.64. The monoisotopic (exact) mass is 412 g/mol. The van der Waals surface area contributed by atoms with E-state index in [-0.39, 0.29) is 62.2 Å². The smallest absolute Gasteiger partial charge is 0.302 e. The molecule has 1 saturated heterocycles. The maximum Gasteiger partial charge on any atom is 0.302 e. The van der Waals surface area contributed by atoms with Crippen LogP contribution in [-0.2, 0) is 14.3 Å². The summed E-state index contributed by atoms with van der Waals surface area (Å²) in [5.41, 5.74) is 0. The zero-order valence-electron chi connectivity index (χ0n) is 9.03. The number of ether oxygens (including phenoxy) is 2. The SMILES string of the molecule is CC(=O)OCC1C[CH-]C(C)C(C)O1.[Ac]. The molecule has 0 bridgehead atoms. The molecule has 1 fully saturated rings. The zero-order valence-corrected chi connectivity index (χ0v) is 13.8. The third kappa shape index (κ3) is 5.09. The van der Waals surface area contributed by atoms with E-state index in [2.05, 4.69) is 13.3 Å². The molecule has 0 spiro atoms. The molecule has 0 aromatic carbocycles. The van der Waals surface area contributed by atoms with Crippen molar-refractivity contribution in [1.82, 2.24) is 0 Å². The van der Waals surface area contributed by atoms with E-state index in [4.69, 9.17) is 9.47 Å². The van der Waals surface area contributed by atoms with E-state index in [1.54, 1.807) is 0 Å². The third-order valence-corrected chi connectivity index (χ3v) is 2.39. The first kappa shape index (κ1) is 14.9. The van der Waals surface area contributed by atoms with E-state index >= 15 is 0 Å². The maximum absolute atomic E-state index is 10.5. The predicted octanol–water partition coefficient (Wildman–Crippen LogP) is 1.57. The molecule has 3 atom stereocenters. The molecule has 79 valence electrons. The minimum absolute atomic E-state index is 0. The van der Waals surface area contributed by atoms with Gasteiger partial charge in [-0.2, -0.15) is 0 Å². The van der Waals surface area contributed by atoms with Crippen molar-refractivity contribution in [2.75, 3.05) is 6.61 Å². The first-order valence-corrected chi connectivity index (χ1v) is 4.71. The van der Waals surface area contributed by atoms with E-state index < -0.39 is 0 Å². The van der Waals surface area contributed by atoms with Gasteiger partial charge >= 0.3 is 5.97 Å². The second-order valence-corrected chi connectivity index (χ2v) is 3.60. The van der Waals surface area contributed by atoms with Gasteiger partial charge in [-0.25, -0.2) is 0 Å². The summed E-state index contributed by atoms with van der Waals surface area (Å²) in [6.07, 6.45) is 3.38. The Hall–Kier alpha value is 0.872. The van der Waals surface area contributed by atoms with Crippen molar-refractivity contribution < 1.29 is 58.3 Å². The van der Waals surface area contributed by atoms with Gasteiger partial charge in [-0.3, -0.25) is 4.79 Å². The van der Waals surface area contributed by atoms with Crippen LogP contribution in [0.3, 0.4) is 0 Å². The van der Waals surface area contributed by atoms with Crippen LogP contribution in [0.15, 0.2) is 0 Å². The van der Waals surface area contributed by atoms with Gasteiger partial charge in [0.1, 0.15) is 6.61 Å². The second kappa shape index (κ2) is 7.20. The summed E-state index contributed by atoms with van der Waals surface area (Å²) in [6, 6.07) is 0. The van der Waals surface area contributed by atoms with Gasteiger partial charge < -0.3 is 15.9 Å². The summed E-state index contributed by atoms with van der Waals surface area (Å²) in [4.78, 5) is 10.5. The standard InChI is InChI=1S/C10H17O3.Ac/c1-7-4-5-10(13-8(7)2)6-12-9(3)11;/h4,7-8,10H,5-6H2,1-3H3;/q-1;. The van der Waals surface area contributed by atoms with Crippen LogP contribution < -0.4 is 0 Å². The van der Waals surface area contributed by atoms with Gasteiger partial charge in [0.25, 0.3) is 0 Å². The molecule has 1 aliphatic rings. The Balaban J connectivity index is 0.00000169. The van der Waals surface area contributed by atoms with Crippen molar-refractivity contribution >= 4 is 5.97 Å². The molecule has 1 rings (SSSR count). The van der Waals surface area contributed by atoms with Crippen LogP contribution in [0, 0.1) is 56.4 Å². The first-order valence-electron chi connectivity index (χ1n) is 4.71. The number of carbonyl (C=O) groups is 1. The van der Waals surface area contributed by atoms with Crippen LogP contribution in [0.4, 0.5) is 0 Å². The average molecular weight is 412 g/mol. The van der Waals surface area contributed by atoms with E-state index in [9.17, 15) is 4.79 Å². The molecule has 0 saturated carbocycles. The van der Waals surface area contributed by atoms with Crippen LogP contribution in [0.25, 0.3) is 0 Å². The van der Waals surface area contributed by atoms with Crippen molar-refractivity contribution in [2.45, 2.75) is 39.4 Å². The minimum Gasteiger partial charge on any atom is -0.463 e. The van der Waals surface area contributed by atoms with E-state index in [1.165, 1.54) is 6.92 Å². The largest absolute Gasteiger partial charge is 0.463 e. The van der Waals surface area contributed by atoms with Gasteiger partial charge in [-0.05, 0) is 6.92 Å². The van der Waals surface area contributed by atoms with Crippen molar-refractivity contribution in [3.8, 4) is 0 Å². The number of rotatable bonds is 2. The maximum atomic E-state index is 10.5. The van der Waals surface area contributed by atoms with Crippen molar-refractivity contribution in [2.24, 2.45) is 5.92 Å². The normalized spacial score (nSPS) is 31.8. The molecule has 0 amide bonds. The summed E-state index contributed by atoms with van der Waals surface area (Å²) in [6.45, 7) is 5.97. The van der Waals surface area contributed by atoms with Crippen LogP contribution in [0.1, 0.15) is 27.2 Å². The van der Waals surface area contributed by atoms with Gasteiger partial charge in [0, 0.05) is 57.1 Å². The van der Waals surface area contributed by atoms with E-state index in [1.807, 2.05) is 6.92 Å². The second-order valence-electron chi connectivity index (χ2n) is 3.60. The fraction of sp³-hybridized carbons (Fsp3) is 0.800. The van der Waals surface area contributed by atoms with Crippen LogP contribution in [0.5, 0.6) is 0 Å². The summed E-state index contributed by atoms with van der Waals surface area (Å²) in [7, 11) is 0. The van der Waals surface area contributed by atoms with Crippen molar-refractivity contribution in [1.29, 1.82) is 0 Å². The van der Waals surface area contributed by atoms with Crippen LogP contribution in [-0.4, -0.2) is 24.8 Å². The molecule has 0 N–H and O–H groups in total. The third-order valence-electron chi connectivity index (χ3n) is 2.39. The summed E-state index contributed by atoms with van der Waals surface area (Å²) in [5, 5.41) is 0. The average Bonchev–Trinajstić information content (AvgIpc) is 2.07. The number of hydrogen-bond donors (Lipinski definition) is 0. The molecule has 1 heterocycles. The molecular formula is C10H17AcO3-. The summed E-state index contributed by atoms with van der Waals surface area (Å²) >= 11 is 0. The van der Waals surface area contributed by atoms with Crippen molar-refractivity contribution in [3.05, 3.63) is 6.42 Å². The summed E-state index contributed by atoms with van der Waals surface area (Å²) in [5.74, 6) is 0.253. The minimum atomic E-state index is -0.241. The summed E-state index contributed by atoms with van der Waals surface area (Å²) < 4.78 is 10.5. The fourth-order valence-corrected chi connectivity index (χ4v) is 1.36. The van der Waals surface area contributed by atoms with Gasteiger partial charge in [0.05, 0.1) is 6.10 Å². The Labute approximate surface area is 121 Å². The number of carbonyl (C=O) groups excluding carboxylic acids is 1. The quantitative estimate of drug-likeness (QED) is 0.511. The molecule has 1 radical (unpaired) electrons.